The molecule has 164 valence electrons. The molecule has 7 nitrogen and oxygen atoms in total. The third-order valence-electron chi connectivity index (χ3n) is 4.81. The van der Waals surface area contributed by atoms with Crippen LogP contribution in [-0.2, 0) is 20.8 Å². The zero-order valence-electron chi connectivity index (χ0n) is 18.0. The molecule has 0 unspecified atom stereocenters. The largest absolute Gasteiger partial charge is 0.383 e. The minimum absolute atomic E-state index is 0.647. The van der Waals surface area contributed by atoms with Gasteiger partial charge in [-0.1, -0.05) is 12.1 Å². The third-order valence-corrected chi connectivity index (χ3v) is 4.81. The summed E-state index contributed by atoms with van der Waals surface area (Å²) >= 11 is 0. The van der Waals surface area contributed by atoms with Gasteiger partial charge in [-0.3, -0.25) is 0 Å². The van der Waals surface area contributed by atoms with Crippen molar-refractivity contribution in [2.45, 2.75) is 32.7 Å². The number of aliphatic imine (C=N–C) groups is 1. The lowest BCUT2D eigenvalue weighted by Gasteiger charge is -2.21. The number of guanidine groups is 1. The number of nitrogens with one attached hydrogen (secondary N) is 3. The molecule has 29 heavy (non-hydrogen) atoms. The summed E-state index contributed by atoms with van der Waals surface area (Å²) in [5, 5.41) is 10.0. The molecule has 0 radical (unpaired) electrons. The van der Waals surface area contributed by atoms with Gasteiger partial charge in [-0.05, 0) is 49.8 Å². The van der Waals surface area contributed by atoms with Crippen LogP contribution in [0.2, 0.25) is 0 Å². The standard InChI is InChI=1S/C22H38N4O3/c1-3-23-22(25-11-4-13-29-18-20-9-14-28-15-10-20)26-17-19-5-7-21(8-6-19)24-12-16-27-2/h5-8,20,24H,3-4,9-18H2,1-2H3,(H2,23,25,26). The summed E-state index contributed by atoms with van der Waals surface area (Å²) < 4.78 is 16.3. The number of hydrogen-bond donors (Lipinski definition) is 3. The molecular weight excluding hydrogens is 368 g/mol. The second kappa shape index (κ2) is 15.1. The normalized spacial score (nSPS) is 15.3. The van der Waals surface area contributed by atoms with Crippen LogP contribution in [0.1, 0.15) is 31.7 Å². The van der Waals surface area contributed by atoms with Crippen LogP contribution >= 0.6 is 0 Å². The number of methoxy groups -OCH3 is 1. The van der Waals surface area contributed by atoms with Crippen molar-refractivity contribution in [3.63, 3.8) is 0 Å². The van der Waals surface area contributed by atoms with Gasteiger partial charge < -0.3 is 30.2 Å². The van der Waals surface area contributed by atoms with Crippen LogP contribution in [0.15, 0.2) is 29.3 Å². The summed E-state index contributed by atoms with van der Waals surface area (Å²) in [6.45, 7) is 9.32. The van der Waals surface area contributed by atoms with E-state index in [1.165, 1.54) is 5.56 Å². The Bertz CT molecular complexity index is 560. The van der Waals surface area contributed by atoms with E-state index in [-0.39, 0.29) is 0 Å². The smallest absolute Gasteiger partial charge is 0.191 e. The molecule has 7 heteroatoms. The zero-order valence-corrected chi connectivity index (χ0v) is 18.0. The van der Waals surface area contributed by atoms with Crippen molar-refractivity contribution in [2.75, 3.05) is 65.1 Å². The Morgan fingerprint density at radius 1 is 1.10 bits per heavy atom. The maximum atomic E-state index is 5.82. The average Bonchev–Trinajstić information content (AvgIpc) is 2.76. The van der Waals surface area contributed by atoms with E-state index in [1.807, 2.05) is 0 Å². The first kappa shape index (κ1) is 23.4. The molecule has 0 amide bonds. The first-order valence-electron chi connectivity index (χ1n) is 10.8. The lowest BCUT2D eigenvalue weighted by atomic mass is 10.0. The maximum absolute atomic E-state index is 5.82. The van der Waals surface area contributed by atoms with E-state index in [2.05, 4.69) is 52.1 Å². The van der Waals surface area contributed by atoms with E-state index < -0.39 is 0 Å². The summed E-state index contributed by atoms with van der Waals surface area (Å²) in [6.07, 6.45) is 3.22. The molecule has 0 spiro atoms. The molecule has 2 rings (SSSR count). The third kappa shape index (κ3) is 10.5. The van der Waals surface area contributed by atoms with Gasteiger partial charge >= 0.3 is 0 Å². The first-order chi connectivity index (χ1) is 14.3. The molecule has 0 atom stereocenters. The van der Waals surface area contributed by atoms with Crippen molar-refractivity contribution in [1.82, 2.24) is 10.6 Å². The van der Waals surface area contributed by atoms with Crippen LogP contribution in [0, 0.1) is 5.92 Å². The van der Waals surface area contributed by atoms with Crippen molar-refractivity contribution in [3.05, 3.63) is 29.8 Å². The van der Waals surface area contributed by atoms with Gasteiger partial charge in [0.15, 0.2) is 5.96 Å². The highest BCUT2D eigenvalue weighted by Gasteiger charge is 2.13. The molecule has 1 aliphatic heterocycles. The van der Waals surface area contributed by atoms with E-state index in [9.17, 15) is 0 Å². The Balaban J connectivity index is 1.63. The van der Waals surface area contributed by atoms with E-state index in [0.29, 0.717) is 19.1 Å². The highest BCUT2D eigenvalue weighted by Crippen LogP contribution is 2.14. The van der Waals surface area contributed by atoms with Gasteiger partial charge in [-0.15, -0.1) is 0 Å². The number of ether oxygens (including phenoxy) is 3. The number of hydrogen-bond acceptors (Lipinski definition) is 5. The molecule has 1 aliphatic rings. The number of nitrogens with zero attached hydrogens (tertiary/aromatic N) is 1. The summed E-state index contributed by atoms with van der Waals surface area (Å²) in [4.78, 5) is 4.68. The Morgan fingerprint density at radius 2 is 1.90 bits per heavy atom. The van der Waals surface area contributed by atoms with Crippen molar-refractivity contribution in [2.24, 2.45) is 10.9 Å². The number of rotatable bonds is 13. The van der Waals surface area contributed by atoms with Gasteiger partial charge in [0.25, 0.3) is 0 Å². The lowest BCUT2D eigenvalue weighted by molar-refractivity contribution is 0.0203. The number of benzene rings is 1. The van der Waals surface area contributed by atoms with Crippen molar-refractivity contribution in [1.29, 1.82) is 0 Å². The lowest BCUT2D eigenvalue weighted by Crippen LogP contribution is -2.38. The summed E-state index contributed by atoms with van der Waals surface area (Å²) in [6, 6.07) is 8.37. The Hall–Kier alpha value is -1.83. The second-order valence-electron chi connectivity index (χ2n) is 7.22. The second-order valence-corrected chi connectivity index (χ2v) is 7.22. The van der Waals surface area contributed by atoms with Crippen LogP contribution in [0.5, 0.6) is 0 Å². The fourth-order valence-electron chi connectivity index (χ4n) is 3.08. The summed E-state index contributed by atoms with van der Waals surface area (Å²) in [5.41, 5.74) is 2.28. The molecule has 1 fully saturated rings. The van der Waals surface area contributed by atoms with Gasteiger partial charge in [0.05, 0.1) is 13.2 Å². The van der Waals surface area contributed by atoms with Crippen LogP contribution in [0.25, 0.3) is 0 Å². The minimum Gasteiger partial charge on any atom is -0.383 e. The van der Waals surface area contributed by atoms with Crippen LogP contribution in [0.3, 0.4) is 0 Å². The highest BCUT2D eigenvalue weighted by molar-refractivity contribution is 5.79. The SMILES string of the molecule is CCNC(=NCc1ccc(NCCOC)cc1)NCCCOCC1CCOCC1. The topological polar surface area (TPSA) is 76.1 Å². The Labute approximate surface area is 175 Å². The van der Waals surface area contributed by atoms with Gasteiger partial charge in [0.1, 0.15) is 0 Å². The first-order valence-corrected chi connectivity index (χ1v) is 10.8. The molecule has 0 bridgehead atoms. The maximum Gasteiger partial charge on any atom is 0.191 e. The fourth-order valence-corrected chi connectivity index (χ4v) is 3.08. The molecule has 0 aliphatic carbocycles. The molecular formula is C22H38N4O3. The molecule has 1 saturated heterocycles. The average molecular weight is 407 g/mol. The van der Waals surface area contributed by atoms with Crippen molar-refractivity contribution >= 4 is 11.6 Å². The fraction of sp³-hybridized carbons (Fsp3) is 0.682. The monoisotopic (exact) mass is 406 g/mol. The van der Waals surface area contributed by atoms with Gasteiger partial charge in [0.2, 0.25) is 0 Å². The Kier molecular flexibility index (Phi) is 12.2. The van der Waals surface area contributed by atoms with E-state index in [1.54, 1.807) is 7.11 Å². The molecule has 1 aromatic rings. The summed E-state index contributed by atoms with van der Waals surface area (Å²) in [5.74, 6) is 1.51. The van der Waals surface area contributed by atoms with Gasteiger partial charge in [-0.25, -0.2) is 4.99 Å². The molecule has 1 aromatic carbocycles. The van der Waals surface area contributed by atoms with Crippen LogP contribution < -0.4 is 16.0 Å². The quantitative estimate of drug-likeness (QED) is 0.266. The van der Waals surface area contributed by atoms with Crippen molar-refractivity contribution in [3.8, 4) is 0 Å². The molecule has 0 aromatic heterocycles. The zero-order chi connectivity index (χ0) is 20.6. The van der Waals surface area contributed by atoms with Crippen molar-refractivity contribution < 1.29 is 14.2 Å². The number of anilines is 1. The van der Waals surface area contributed by atoms with Crippen LogP contribution in [-0.4, -0.2) is 65.7 Å². The molecule has 0 saturated carbocycles. The van der Waals surface area contributed by atoms with Crippen LogP contribution in [0.4, 0.5) is 5.69 Å². The molecule has 1 heterocycles. The van der Waals surface area contributed by atoms with E-state index >= 15 is 0 Å². The van der Waals surface area contributed by atoms with Gasteiger partial charge in [-0.2, -0.15) is 0 Å². The summed E-state index contributed by atoms with van der Waals surface area (Å²) in [7, 11) is 1.71. The minimum atomic E-state index is 0.647. The Morgan fingerprint density at radius 3 is 2.62 bits per heavy atom. The van der Waals surface area contributed by atoms with Gasteiger partial charge in [0, 0.05) is 58.9 Å². The van der Waals surface area contributed by atoms with E-state index in [4.69, 9.17) is 14.2 Å². The highest BCUT2D eigenvalue weighted by atomic mass is 16.5. The predicted octanol–water partition coefficient (Wildman–Crippen LogP) is 2.63. The molecule has 3 N–H and O–H groups in total. The van der Waals surface area contributed by atoms with E-state index in [0.717, 1.165) is 77.0 Å². The predicted molar refractivity (Wildman–Crippen MR) is 119 cm³/mol.